The number of aromatic nitrogens is 1. The van der Waals surface area contributed by atoms with Crippen molar-refractivity contribution in [1.82, 2.24) is 4.98 Å². The molecular formula is C17H11N5. The number of rotatable bonds is 3. The first-order valence-corrected chi connectivity index (χ1v) is 6.72. The summed E-state index contributed by atoms with van der Waals surface area (Å²) in [4.78, 5) is 7.11. The van der Waals surface area contributed by atoms with Crippen LogP contribution >= 0.6 is 0 Å². The molecule has 104 valence electrons. The molecule has 5 nitrogen and oxygen atoms in total. The largest absolute Gasteiger partial charge is 0.237 e. The molecule has 22 heavy (non-hydrogen) atoms. The second-order valence-corrected chi connectivity index (χ2v) is 4.77. The summed E-state index contributed by atoms with van der Waals surface area (Å²) in [5.41, 5.74) is 12.4. The van der Waals surface area contributed by atoms with Gasteiger partial charge in [-0.15, -0.1) is 0 Å². The predicted molar refractivity (Wildman–Crippen MR) is 84.7 cm³/mol. The van der Waals surface area contributed by atoms with E-state index >= 15 is 0 Å². The molecule has 3 aromatic rings. The van der Waals surface area contributed by atoms with E-state index in [1.54, 1.807) is 6.07 Å². The lowest BCUT2D eigenvalue weighted by atomic mass is 9.99. The number of azide groups is 1. The second kappa shape index (κ2) is 5.96. The third-order valence-corrected chi connectivity index (χ3v) is 3.39. The lowest BCUT2D eigenvalue weighted by Gasteiger charge is -2.08. The molecule has 1 heterocycles. The van der Waals surface area contributed by atoms with Gasteiger partial charge in [0.15, 0.2) is 0 Å². The molecule has 0 N–H and O–H groups in total. The van der Waals surface area contributed by atoms with Crippen molar-refractivity contribution in [1.29, 1.82) is 5.26 Å². The molecule has 5 heteroatoms. The first-order valence-electron chi connectivity index (χ1n) is 6.72. The predicted octanol–water partition coefficient (Wildman–Crippen LogP) is 4.58. The smallest absolute Gasteiger partial charge is 0.141 e. The highest BCUT2D eigenvalue weighted by molar-refractivity contribution is 5.95. The van der Waals surface area contributed by atoms with Crippen molar-refractivity contribution in [3.8, 4) is 17.2 Å². The van der Waals surface area contributed by atoms with E-state index in [2.05, 4.69) is 21.1 Å². The Balaban J connectivity index is 2.24. The third-order valence-electron chi connectivity index (χ3n) is 3.39. The first kappa shape index (κ1) is 13.6. The van der Waals surface area contributed by atoms with Crippen molar-refractivity contribution in [2.75, 3.05) is 0 Å². The van der Waals surface area contributed by atoms with Crippen molar-refractivity contribution < 1.29 is 0 Å². The third kappa shape index (κ3) is 2.59. The van der Waals surface area contributed by atoms with Gasteiger partial charge in [-0.25, -0.2) is 4.98 Å². The molecular weight excluding hydrogens is 274 g/mol. The molecule has 2 aromatic carbocycles. The molecule has 0 fully saturated rings. The molecule has 0 aliphatic rings. The Morgan fingerprint density at radius 1 is 1.14 bits per heavy atom. The maximum Gasteiger partial charge on any atom is 0.141 e. The zero-order valence-electron chi connectivity index (χ0n) is 11.6. The number of nitrogens with zero attached hydrogens (tertiary/aromatic N) is 5. The number of hydrogen-bond donors (Lipinski definition) is 0. The Hall–Kier alpha value is -3.35. The minimum absolute atomic E-state index is 0.269. The molecule has 0 saturated heterocycles. The lowest BCUT2D eigenvalue weighted by Crippen LogP contribution is -1.91. The monoisotopic (exact) mass is 285 g/mol. The summed E-state index contributed by atoms with van der Waals surface area (Å²) in [6.45, 7) is 0.269. The molecule has 0 amide bonds. The average Bonchev–Trinajstić information content (AvgIpc) is 2.59. The Bertz CT molecular complexity index is 919. The van der Waals surface area contributed by atoms with E-state index < -0.39 is 0 Å². The highest BCUT2D eigenvalue weighted by Crippen LogP contribution is 2.29. The van der Waals surface area contributed by atoms with Crippen LogP contribution in [0.1, 0.15) is 11.3 Å². The minimum atomic E-state index is 0.269. The molecule has 0 spiro atoms. The van der Waals surface area contributed by atoms with Crippen LogP contribution in [0.3, 0.4) is 0 Å². The highest BCUT2D eigenvalue weighted by Gasteiger charge is 2.08. The standard InChI is InChI=1S/C17H11N5/c18-10-14-9-16(13-4-2-1-3-5-13)15-7-6-12(11-20-22-19)8-17(15)21-14/h1-9H,11H2. The molecule has 0 unspecified atom stereocenters. The van der Waals surface area contributed by atoms with Gasteiger partial charge in [0.25, 0.3) is 0 Å². The highest BCUT2D eigenvalue weighted by atomic mass is 15.1. The van der Waals surface area contributed by atoms with Crippen LogP contribution in [-0.2, 0) is 6.54 Å². The van der Waals surface area contributed by atoms with Crippen LogP contribution in [0.5, 0.6) is 0 Å². The van der Waals surface area contributed by atoms with E-state index in [-0.39, 0.29) is 6.54 Å². The Morgan fingerprint density at radius 3 is 2.68 bits per heavy atom. The molecule has 0 aliphatic heterocycles. The number of benzene rings is 2. The van der Waals surface area contributed by atoms with Gasteiger partial charge in [0.2, 0.25) is 0 Å². The van der Waals surface area contributed by atoms with Gasteiger partial charge < -0.3 is 0 Å². The first-order chi connectivity index (χ1) is 10.8. The summed E-state index contributed by atoms with van der Waals surface area (Å²) < 4.78 is 0. The number of hydrogen-bond acceptors (Lipinski definition) is 3. The van der Waals surface area contributed by atoms with Gasteiger partial charge >= 0.3 is 0 Å². The Morgan fingerprint density at radius 2 is 1.95 bits per heavy atom. The van der Waals surface area contributed by atoms with Crippen molar-refractivity contribution in [3.05, 3.63) is 76.3 Å². The SMILES string of the molecule is N#Cc1cc(-c2ccccc2)c2ccc(CN=[N+]=[N-])cc2n1. The van der Waals surface area contributed by atoms with Crippen molar-refractivity contribution in [2.24, 2.45) is 5.11 Å². The van der Waals surface area contributed by atoms with Crippen molar-refractivity contribution in [3.63, 3.8) is 0 Å². The zero-order valence-corrected chi connectivity index (χ0v) is 11.6. The molecule has 1 aromatic heterocycles. The maximum atomic E-state index is 9.20. The number of nitriles is 1. The minimum Gasteiger partial charge on any atom is -0.237 e. The average molecular weight is 285 g/mol. The summed E-state index contributed by atoms with van der Waals surface area (Å²) in [6, 6.07) is 19.5. The molecule has 0 radical (unpaired) electrons. The van der Waals surface area contributed by atoms with Gasteiger partial charge in [-0.2, -0.15) is 5.26 Å². The van der Waals surface area contributed by atoms with E-state index in [4.69, 9.17) is 5.53 Å². The summed E-state index contributed by atoms with van der Waals surface area (Å²) in [7, 11) is 0. The summed E-state index contributed by atoms with van der Waals surface area (Å²) >= 11 is 0. The normalized spacial score (nSPS) is 9.95. The van der Waals surface area contributed by atoms with Gasteiger partial charge in [-0.1, -0.05) is 47.6 Å². The molecule has 3 rings (SSSR count). The molecule has 0 bridgehead atoms. The molecule has 0 saturated carbocycles. The van der Waals surface area contributed by atoms with Gasteiger partial charge in [0.05, 0.1) is 12.1 Å². The van der Waals surface area contributed by atoms with E-state index in [1.165, 1.54) is 0 Å². The summed E-state index contributed by atoms with van der Waals surface area (Å²) in [5.74, 6) is 0. The van der Waals surface area contributed by atoms with E-state index in [0.717, 1.165) is 27.6 Å². The zero-order chi connectivity index (χ0) is 15.4. The van der Waals surface area contributed by atoms with Crippen LogP contribution in [0.15, 0.2) is 59.7 Å². The summed E-state index contributed by atoms with van der Waals surface area (Å²) in [6.07, 6.45) is 0. The fourth-order valence-electron chi connectivity index (χ4n) is 2.40. The maximum absolute atomic E-state index is 9.20. The van der Waals surface area contributed by atoms with Crippen LogP contribution < -0.4 is 0 Å². The van der Waals surface area contributed by atoms with Crippen LogP contribution in [0.4, 0.5) is 0 Å². The Labute approximate surface area is 127 Å². The molecule has 0 atom stereocenters. The van der Waals surface area contributed by atoms with Crippen LogP contribution in [0.2, 0.25) is 0 Å². The van der Waals surface area contributed by atoms with Crippen molar-refractivity contribution in [2.45, 2.75) is 6.54 Å². The fraction of sp³-hybridized carbons (Fsp3) is 0.0588. The van der Waals surface area contributed by atoms with E-state index in [0.29, 0.717) is 5.69 Å². The fourth-order valence-corrected chi connectivity index (χ4v) is 2.40. The van der Waals surface area contributed by atoms with Crippen molar-refractivity contribution >= 4 is 10.9 Å². The molecule has 0 aliphatic carbocycles. The van der Waals surface area contributed by atoms with Crippen LogP contribution in [-0.4, -0.2) is 4.98 Å². The summed E-state index contributed by atoms with van der Waals surface area (Å²) in [5, 5.41) is 13.7. The van der Waals surface area contributed by atoms with Gasteiger partial charge in [0.1, 0.15) is 11.8 Å². The van der Waals surface area contributed by atoms with Gasteiger partial charge in [-0.3, -0.25) is 0 Å². The Kier molecular flexibility index (Phi) is 3.69. The topological polar surface area (TPSA) is 85.4 Å². The quantitative estimate of drug-likeness (QED) is 0.400. The van der Waals surface area contributed by atoms with Gasteiger partial charge in [0, 0.05) is 10.3 Å². The van der Waals surface area contributed by atoms with Crippen LogP contribution in [0, 0.1) is 11.3 Å². The van der Waals surface area contributed by atoms with Crippen LogP contribution in [0.25, 0.3) is 32.5 Å². The number of pyridine rings is 1. The van der Waals surface area contributed by atoms with Gasteiger partial charge in [-0.05, 0) is 34.4 Å². The lowest BCUT2D eigenvalue weighted by molar-refractivity contribution is 1.05. The second-order valence-electron chi connectivity index (χ2n) is 4.77. The van der Waals surface area contributed by atoms with E-state index in [1.807, 2.05) is 48.5 Å². The number of fused-ring (bicyclic) bond motifs is 1. The van der Waals surface area contributed by atoms with E-state index in [9.17, 15) is 5.26 Å².